The van der Waals surface area contributed by atoms with Crippen molar-refractivity contribution in [1.29, 1.82) is 0 Å². The average molecular weight is 586 g/mol. The van der Waals surface area contributed by atoms with Crippen molar-refractivity contribution in [2.45, 2.75) is 63.5 Å². The van der Waals surface area contributed by atoms with Crippen molar-refractivity contribution in [2.75, 3.05) is 11.4 Å². The first-order valence-electron chi connectivity index (χ1n) is 11.8. The lowest BCUT2D eigenvalue weighted by Crippen LogP contribution is -2.32. The molecule has 1 aliphatic carbocycles. The summed E-state index contributed by atoms with van der Waals surface area (Å²) >= 11 is -2.46. The van der Waals surface area contributed by atoms with Gasteiger partial charge in [0.25, 0.3) is 11.3 Å². The van der Waals surface area contributed by atoms with E-state index in [2.05, 4.69) is 10.3 Å². The van der Waals surface area contributed by atoms with Gasteiger partial charge in [0.15, 0.2) is 0 Å². The van der Waals surface area contributed by atoms with Crippen LogP contribution in [0.1, 0.15) is 55.3 Å². The molecule has 2 aromatic rings. The number of pyridine rings is 1. The van der Waals surface area contributed by atoms with Gasteiger partial charge < -0.3 is 10.1 Å². The molecule has 2 N–H and O–H groups in total. The molecule has 2 atom stereocenters. The van der Waals surface area contributed by atoms with Crippen LogP contribution >= 0.6 is 0 Å². The van der Waals surface area contributed by atoms with Crippen LogP contribution in [0.5, 0.6) is 5.88 Å². The third-order valence-corrected chi connectivity index (χ3v) is 7.20. The minimum absolute atomic E-state index is 0.0223. The zero-order valence-corrected chi connectivity index (χ0v) is 21.6. The molecule has 1 aliphatic rings. The van der Waals surface area contributed by atoms with E-state index < -0.39 is 64.9 Å². The van der Waals surface area contributed by atoms with E-state index in [9.17, 15) is 39.7 Å². The highest BCUT2D eigenvalue weighted by Gasteiger charge is 2.42. The Morgan fingerprint density at radius 1 is 1.15 bits per heavy atom. The van der Waals surface area contributed by atoms with Crippen LogP contribution in [0, 0.1) is 11.7 Å². The fourth-order valence-corrected chi connectivity index (χ4v) is 4.46. The van der Waals surface area contributed by atoms with Crippen molar-refractivity contribution in [2.24, 2.45) is 5.92 Å². The number of benzene rings is 1. The Morgan fingerprint density at radius 3 is 2.33 bits per heavy atom. The molecular weight excluding hydrogens is 559 g/mol. The van der Waals surface area contributed by atoms with Crippen LogP contribution in [0.25, 0.3) is 0 Å². The molecule has 0 radical (unpaired) electrons. The Bertz CT molecular complexity index is 1200. The first-order valence-corrected chi connectivity index (χ1v) is 12.9. The summed E-state index contributed by atoms with van der Waals surface area (Å²) in [4.78, 5) is 16.3. The molecule has 1 saturated carbocycles. The molecule has 1 aromatic carbocycles. The molecule has 216 valence electrons. The standard InChI is InChI=1S/C24H26F7N3O4S/c1-13(14-3-9-19(18(25)11-14)34(2)39(36)37)21(35)32-12-15-4-10-20(24(29,30)31)33-22(15)38-17-7-5-16(6-8-17)23(26,27)28/h3-4,9-11,13,16-17H,5-8,12H2,1-2H3,(H,32,35)(H,36,37). The molecule has 39 heavy (non-hydrogen) atoms. The van der Waals surface area contributed by atoms with Crippen molar-refractivity contribution in [3.8, 4) is 5.88 Å². The topological polar surface area (TPSA) is 91.8 Å². The normalized spacial score (nSPS) is 19.7. The zero-order chi connectivity index (χ0) is 29.1. The number of aromatic nitrogens is 1. The Kier molecular flexibility index (Phi) is 9.47. The Hall–Kier alpha value is -2.94. The third-order valence-electron chi connectivity index (χ3n) is 6.54. The molecule has 1 aromatic heterocycles. The summed E-state index contributed by atoms with van der Waals surface area (Å²) in [6, 6.07) is 5.40. The number of nitrogens with one attached hydrogen (secondary N) is 1. The van der Waals surface area contributed by atoms with Gasteiger partial charge in [-0.25, -0.2) is 13.6 Å². The molecule has 1 fully saturated rings. The fourth-order valence-electron chi connectivity index (χ4n) is 4.15. The van der Waals surface area contributed by atoms with E-state index in [0.717, 1.165) is 16.4 Å². The van der Waals surface area contributed by atoms with E-state index >= 15 is 0 Å². The predicted octanol–water partition coefficient (Wildman–Crippen LogP) is 5.73. The van der Waals surface area contributed by atoms with Gasteiger partial charge in [0, 0.05) is 19.2 Å². The summed E-state index contributed by atoms with van der Waals surface area (Å²) in [6.45, 7) is 1.15. The Balaban J connectivity index is 1.72. The van der Waals surface area contributed by atoms with E-state index in [-0.39, 0.29) is 49.0 Å². The molecule has 0 saturated heterocycles. The minimum Gasteiger partial charge on any atom is -0.474 e. The molecule has 2 unspecified atom stereocenters. The second-order valence-electron chi connectivity index (χ2n) is 9.17. The number of carbonyl (C=O) groups excluding carboxylic acids is 1. The third kappa shape index (κ3) is 7.81. The van der Waals surface area contributed by atoms with Crippen LogP contribution in [0.2, 0.25) is 0 Å². The van der Waals surface area contributed by atoms with Crippen molar-refractivity contribution in [3.63, 3.8) is 0 Å². The van der Waals surface area contributed by atoms with Gasteiger partial charge in [-0.2, -0.15) is 26.3 Å². The zero-order valence-electron chi connectivity index (χ0n) is 20.8. The summed E-state index contributed by atoms with van der Waals surface area (Å²) in [7, 11) is 1.20. The number of halogens is 7. The number of rotatable bonds is 8. The van der Waals surface area contributed by atoms with E-state index in [0.29, 0.717) is 6.07 Å². The van der Waals surface area contributed by atoms with E-state index in [1.54, 1.807) is 0 Å². The van der Waals surface area contributed by atoms with Crippen LogP contribution in [0.3, 0.4) is 0 Å². The largest absolute Gasteiger partial charge is 0.474 e. The van der Waals surface area contributed by atoms with Crippen molar-refractivity contribution >= 4 is 22.9 Å². The number of hydrogen-bond acceptors (Lipinski definition) is 4. The fraction of sp³-hybridized carbons (Fsp3) is 0.500. The molecule has 1 heterocycles. The lowest BCUT2D eigenvalue weighted by atomic mass is 9.87. The molecule has 7 nitrogen and oxygen atoms in total. The summed E-state index contributed by atoms with van der Waals surface area (Å²) in [5.41, 5.74) is -1.12. The molecule has 0 aliphatic heterocycles. The quantitative estimate of drug-likeness (QED) is 0.305. The highest BCUT2D eigenvalue weighted by molar-refractivity contribution is 7.80. The molecule has 1 amide bonds. The van der Waals surface area contributed by atoms with E-state index in [1.807, 2.05) is 0 Å². The highest BCUT2D eigenvalue weighted by Crippen LogP contribution is 2.39. The summed E-state index contributed by atoms with van der Waals surface area (Å²) in [6.07, 6.45) is -10.4. The molecule has 0 bridgehead atoms. The van der Waals surface area contributed by atoms with Crippen molar-refractivity contribution < 1.29 is 49.0 Å². The van der Waals surface area contributed by atoms with Crippen molar-refractivity contribution in [3.05, 3.63) is 53.0 Å². The second-order valence-corrected chi connectivity index (χ2v) is 10.2. The van der Waals surface area contributed by atoms with Gasteiger partial charge in [-0.05, 0) is 62.4 Å². The van der Waals surface area contributed by atoms with Crippen LogP contribution in [-0.4, -0.2) is 39.0 Å². The van der Waals surface area contributed by atoms with Gasteiger partial charge in [-0.3, -0.25) is 13.7 Å². The van der Waals surface area contributed by atoms with Gasteiger partial charge in [0.1, 0.15) is 17.6 Å². The molecule has 3 rings (SSSR count). The molecule has 15 heteroatoms. The average Bonchev–Trinajstić information content (AvgIpc) is 2.86. The number of nitrogens with zero attached hydrogens (tertiary/aromatic N) is 2. The van der Waals surface area contributed by atoms with Gasteiger partial charge >= 0.3 is 12.4 Å². The molecule has 0 spiro atoms. The van der Waals surface area contributed by atoms with Gasteiger partial charge in [-0.15, -0.1) is 0 Å². The number of ether oxygens (including phenoxy) is 1. The maximum atomic E-state index is 14.4. The lowest BCUT2D eigenvalue weighted by molar-refractivity contribution is -0.185. The van der Waals surface area contributed by atoms with Crippen LogP contribution in [0.4, 0.5) is 36.4 Å². The first-order chi connectivity index (χ1) is 18.1. The maximum Gasteiger partial charge on any atom is 0.433 e. The number of carbonyl (C=O) groups is 1. The van der Waals surface area contributed by atoms with Crippen molar-refractivity contribution in [1.82, 2.24) is 10.3 Å². The Morgan fingerprint density at radius 2 is 1.79 bits per heavy atom. The SMILES string of the molecule is CC(C(=O)NCc1ccc(C(F)(F)F)nc1OC1CCC(C(F)(F)F)CC1)c1ccc(N(C)S(=O)O)c(F)c1. The van der Waals surface area contributed by atoms with Gasteiger partial charge in [0.2, 0.25) is 11.8 Å². The number of anilines is 1. The lowest BCUT2D eigenvalue weighted by Gasteiger charge is -2.30. The Labute approximate surface area is 222 Å². The summed E-state index contributed by atoms with van der Waals surface area (Å²) < 4.78 is 120. The summed E-state index contributed by atoms with van der Waals surface area (Å²) in [5, 5.41) is 2.52. The van der Waals surface area contributed by atoms with E-state index in [4.69, 9.17) is 9.29 Å². The first kappa shape index (κ1) is 30.6. The van der Waals surface area contributed by atoms with Gasteiger partial charge in [0.05, 0.1) is 17.5 Å². The van der Waals surface area contributed by atoms with Crippen LogP contribution < -0.4 is 14.4 Å². The monoisotopic (exact) mass is 585 g/mol. The van der Waals surface area contributed by atoms with Crippen LogP contribution in [0.15, 0.2) is 30.3 Å². The van der Waals surface area contributed by atoms with Crippen LogP contribution in [-0.2, 0) is 28.8 Å². The number of hydrogen-bond donors (Lipinski definition) is 2. The maximum absolute atomic E-state index is 14.4. The smallest absolute Gasteiger partial charge is 0.433 e. The van der Waals surface area contributed by atoms with Gasteiger partial charge in [-0.1, -0.05) is 6.07 Å². The number of amides is 1. The predicted molar refractivity (Wildman–Crippen MR) is 128 cm³/mol. The van der Waals surface area contributed by atoms with E-state index in [1.165, 1.54) is 26.1 Å². The number of alkyl halides is 6. The summed E-state index contributed by atoms with van der Waals surface area (Å²) in [5.74, 6) is -4.32. The second kappa shape index (κ2) is 12.1. The minimum atomic E-state index is -4.80. The molecular formula is C24H26F7N3O4S. The highest BCUT2D eigenvalue weighted by atomic mass is 32.2.